The van der Waals surface area contributed by atoms with Crippen LogP contribution in [0.1, 0.15) is 24.8 Å². The molecule has 0 amide bonds. The first kappa shape index (κ1) is 16.2. The summed E-state index contributed by atoms with van der Waals surface area (Å²) < 4.78 is 16.6. The third kappa shape index (κ3) is 6.01. The number of rotatable bonds is 8. The molecule has 1 heterocycles. The van der Waals surface area contributed by atoms with Crippen LogP contribution in [0.4, 0.5) is 0 Å². The SMILES string of the molecule is NCc1cccc(OCC(O)COCC2CCCCO2)c1. The quantitative estimate of drug-likeness (QED) is 0.760. The van der Waals surface area contributed by atoms with Gasteiger partial charge < -0.3 is 25.1 Å². The van der Waals surface area contributed by atoms with E-state index in [9.17, 15) is 5.11 Å². The summed E-state index contributed by atoms with van der Waals surface area (Å²) in [6, 6.07) is 7.56. The molecule has 2 unspecified atom stereocenters. The molecular weight excluding hydrogens is 270 g/mol. The highest BCUT2D eigenvalue weighted by Gasteiger charge is 2.14. The Labute approximate surface area is 126 Å². The van der Waals surface area contributed by atoms with Crippen molar-refractivity contribution in [2.45, 2.75) is 38.0 Å². The average molecular weight is 295 g/mol. The fourth-order valence-corrected chi connectivity index (χ4v) is 2.28. The van der Waals surface area contributed by atoms with Crippen molar-refractivity contribution in [1.29, 1.82) is 0 Å². The highest BCUT2D eigenvalue weighted by molar-refractivity contribution is 5.28. The minimum Gasteiger partial charge on any atom is -0.491 e. The molecule has 2 atom stereocenters. The third-order valence-corrected chi connectivity index (χ3v) is 3.46. The van der Waals surface area contributed by atoms with Gasteiger partial charge >= 0.3 is 0 Å². The van der Waals surface area contributed by atoms with Crippen molar-refractivity contribution in [2.75, 3.05) is 26.4 Å². The van der Waals surface area contributed by atoms with Gasteiger partial charge in [0.2, 0.25) is 0 Å². The van der Waals surface area contributed by atoms with E-state index in [1.807, 2.05) is 24.3 Å². The van der Waals surface area contributed by atoms with E-state index < -0.39 is 6.10 Å². The van der Waals surface area contributed by atoms with E-state index in [2.05, 4.69) is 0 Å². The number of hydrogen-bond acceptors (Lipinski definition) is 5. The van der Waals surface area contributed by atoms with Crippen molar-refractivity contribution in [3.05, 3.63) is 29.8 Å². The van der Waals surface area contributed by atoms with Gasteiger partial charge in [-0.15, -0.1) is 0 Å². The van der Waals surface area contributed by atoms with E-state index in [1.165, 1.54) is 6.42 Å². The predicted octanol–water partition coefficient (Wildman–Crippen LogP) is 1.47. The minimum atomic E-state index is -0.643. The van der Waals surface area contributed by atoms with Crippen molar-refractivity contribution in [2.24, 2.45) is 5.73 Å². The molecule has 2 rings (SSSR count). The molecule has 0 spiro atoms. The van der Waals surface area contributed by atoms with E-state index in [0.717, 1.165) is 25.0 Å². The van der Waals surface area contributed by atoms with Gasteiger partial charge in [0.1, 0.15) is 18.5 Å². The zero-order chi connectivity index (χ0) is 14.9. The summed E-state index contributed by atoms with van der Waals surface area (Å²) >= 11 is 0. The zero-order valence-corrected chi connectivity index (χ0v) is 12.4. The first-order chi connectivity index (χ1) is 10.3. The summed E-state index contributed by atoms with van der Waals surface area (Å²) in [6.07, 6.45) is 2.90. The number of benzene rings is 1. The monoisotopic (exact) mass is 295 g/mol. The Hall–Kier alpha value is -1.14. The van der Waals surface area contributed by atoms with Gasteiger partial charge in [-0.2, -0.15) is 0 Å². The Kier molecular flexibility index (Phi) is 6.95. The maximum Gasteiger partial charge on any atom is 0.119 e. The van der Waals surface area contributed by atoms with Gasteiger partial charge in [0.25, 0.3) is 0 Å². The third-order valence-electron chi connectivity index (χ3n) is 3.46. The van der Waals surface area contributed by atoms with E-state index in [1.54, 1.807) is 0 Å². The van der Waals surface area contributed by atoms with Crippen molar-refractivity contribution in [3.63, 3.8) is 0 Å². The van der Waals surface area contributed by atoms with Crippen molar-refractivity contribution < 1.29 is 19.3 Å². The summed E-state index contributed by atoms with van der Waals surface area (Å²) in [6.45, 7) is 2.30. The Balaban J connectivity index is 1.61. The lowest BCUT2D eigenvalue weighted by Crippen LogP contribution is -2.29. The Morgan fingerprint density at radius 1 is 1.33 bits per heavy atom. The lowest BCUT2D eigenvalue weighted by molar-refractivity contribution is -0.0618. The molecule has 1 fully saturated rings. The molecule has 5 heteroatoms. The van der Waals surface area contributed by atoms with Crippen molar-refractivity contribution in [3.8, 4) is 5.75 Å². The highest BCUT2D eigenvalue weighted by Crippen LogP contribution is 2.14. The molecule has 5 nitrogen and oxygen atoms in total. The van der Waals surface area contributed by atoms with Gasteiger partial charge in [-0.25, -0.2) is 0 Å². The van der Waals surface area contributed by atoms with Crippen LogP contribution in [0, 0.1) is 0 Å². The molecule has 118 valence electrons. The van der Waals surface area contributed by atoms with Crippen LogP contribution in [0.25, 0.3) is 0 Å². The number of aliphatic hydroxyl groups excluding tert-OH is 1. The summed E-state index contributed by atoms with van der Waals surface area (Å²) in [5.74, 6) is 0.715. The molecular formula is C16H25NO4. The van der Waals surface area contributed by atoms with Crippen LogP contribution in [-0.4, -0.2) is 43.7 Å². The summed E-state index contributed by atoms with van der Waals surface area (Å²) in [5, 5.41) is 9.85. The lowest BCUT2D eigenvalue weighted by Gasteiger charge is -2.23. The van der Waals surface area contributed by atoms with Crippen LogP contribution >= 0.6 is 0 Å². The van der Waals surface area contributed by atoms with Crippen LogP contribution in [0.2, 0.25) is 0 Å². The maximum absolute atomic E-state index is 9.85. The Morgan fingerprint density at radius 2 is 2.24 bits per heavy atom. The van der Waals surface area contributed by atoms with Crippen molar-refractivity contribution >= 4 is 0 Å². The molecule has 21 heavy (non-hydrogen) atoms. The van der Waals surface area contributed by atoms with Crippen LogP contribution in [0.15, 0.2) is 24.3 Å². The van der Waals surface area contributed by atoms with Crippen LogP contribution < -0.4 is 10.5 Å². The smallest absolute Gasteiger partial charge is 0.119 e. The van der Waals surface area contributed by atoms with Gasteiger partial charge in [0.05, 0.1) is 19.3 Å². The normalized spacial score (nSPS) is 20.2. The average Bonchev–Trinajstić information content (AvgIpc) is 2.54. The zero-order valence-electron chi connectivity index (χ0n) is 12.4. The fourth-order valence-electron chi connectivity index (χ4n) is 2.28. The van der Waals surface area contributed by atoms with Crippen molar-refractivity contribution in [1.82, 2.24) is 0 Å². The van der Waals surface area contributed by atoms with Crippen LogP contribution in [-0.2, 0) is 16.0 Å². The lowest BCUT2D eigenvalue weighted by atomic mass is 10.1. The van der Waals surface area contributed by atoms with E-state index in [0.29, 0.717) is 18.9 Å². The fraction of sp³-hybridized carbons (Fsp3) is 0.625. The number of aliphatic hydroxyl groups is 1. The van der Waals surface area contributed by atoms with E-state index in [-0.39, 0.29) is 19.3 Å². The topological polar surface area (TPSA) is 73.9 Å². The molecule has 1 aromatic rings. The largest absolute Gasteiger partial charge is 0.491 e. The minimum absolute atomic E-state index is 0.174. The standard InChI is InChI=1S/C16H25NO4/c17-9-13-4-3-6-15(8-13)21-11-14(18)10-19-12-16-5-1-2-7-20-16/h3-4,6,8,14,16,18H,1-2,5,7,9-12,17H2. The molecule has 0 radical (unpaired) electrons. The van der Waals surface area contributed by atoms with Gasteiger partial charge in [0, 0.05) is 13.2 Å². The van der Waals surface area contributed by atoms with Gasteiger partial charge in [0.15, 0.2) is 0 Å². The number of nitrogens with two attached hydrogens (primary N) is 1. The molecule has 1 aromatic carbocycles. The second-order valence-electron chi connectivity index (χ2n) is 5.34. The molecule has 1 aliphatic rings. The molecule has 0 bridgehead atoms. The molecule has 1 aliphatic heterocycles. The van der Waals surface area contributed by atoms with E-state index in [4.69, 9.17) is 19.9 Å². The van der Waals surface area contributed by atoms with E-state index >= 15 is 0 Å². The Bertz CT molecular complexity index is 407. The molecule has 3 N–H and O–H groups in total. The van der Waals surface area contributed by atoms with Crippen LogP contribution in [0.5, 0.6) is 5.75 Å². The molecule has 0 aliphatic carbocycles. The summed E-state index contributed by atoms with van der Waals surface area (Å²) in [7, 11) is 0. The second kappa shape index (κ2) is 9.00. The first-order valence-corrected chi connectivity index (χ1v) is 7.57. The molecule has 0 aromatic heterocycles. The first-order valence-electron chi connectivity index (χ1n) is 7.57. The maximum atomic E-state index is 9.85. The van der Waals surface area contributed by atoms with Crippen LogP contribution in [0.3, 0.4) is 0 Å². The summed E-state index contributed by atoms with van der Waals surface area (Å²) in [5.41, 5.74) is 6.58. The predicted molar refractivity (Wildman–Crippen MR) is 80.2 cm³/mol. The summed E-state index contributed by atoms with van der Waals surface area (Å²) in [4.78, 5) is 0. The molecule has 1 saturated heterocycles. The number of ether oxygens (including phenoxy) is 3. The van der Waals surface area contributed by atoms with Gasteiger partial charge in [-0.05, 0) is 37.0 Å². The second-order valence-corrected chi connectivity index (χ2v) is 5.34. The van der Waals surface area contributed by atoms with Gasteiger partial charge in [-0.1, -0.05) is 12.1 Å². The number of hydrogen-bond donors (Lipinski definition) is 2. The highest BCUT2D eigenvalue weighted by atomic mass is 16.5. The molecule has 0 saturated carbocycles. The van der Waals surface area contributed by atoms with Gasteiger partial charge in [-0.3, -0.25) is 0 Å². The Morgan fingerprint density at radius 3 is 3.00 bits per heavy atom.